The molecule has 3 N–H and O–H groups in total. The van der Waals surface area contributed by atoms with Gasteiger partial charge in [0.05, 0.1) is 81.4 Å². The van der Waals surface area contributed by atoms with Crippen LogP contribution in [0.15, 0.2) is 218 Å². The number of aromatic hydroxyl groups is 3. The molecule has 0 aliphatic rings. The summed E-state index contributed by atoms with van der Waals surface area (Å²) in [7, 11) is -16.8. The zero-order valence-corrected chi connectivity index (χ0v) is 47.4. The van der Waals surface area contributed by atoms with Gasteiger partial charge < -0.3 is 41.5 Å². The first kappa shape index (κ1) is 29.1. The van der Waals surface area contributed by atoms with Crippen LogP contribution < -0.4 is 101 Å². The summed E-state index contributed by atoms with van der Waals surface area (Å²) in [6.07, 6.45) is -2.83. The van der Waals surface area contributed by atoms with Crippen LogP contribution in [0.4, 0.5) is 0 Å². The van der Waals surface area contributed by atoms with E-state index in [1.54, 1.807) is 0 Å². The van der Waals surface area contributed by atoms with Gasteiger partial charge in [-0.2, -0.15) is 0 Å². The van der Waals surface area contributed by atoms with Gasteiger partial charge in [0.1, 0.15) is 34.5 Å². The molecule has 6 aromatic carbocycles. The standard InChI is InChI=1S/3C18H15NO5S.3Na/c3*20-15-8-4-13(5-9-15)18(17-3-1-2-12-19-17)14-6-10-16(11-7-14)24-25(21,22)23;;;/h3*1-12,18,20H,(H,21,22,23);;;/q;;;3*+1/p-3/i1D,2D,3D,4D,5D,6D,7D,8D,9D,10D,11D,12D,18D;1D,2D,4D,5D,6D,7D,8D,9D,10D,11D,12D,18D;1D,2D,3D,4D,6D,7D,8D,9D,10D,11D,12D,18D;;;. The molecule has 0 fully saturated rings. The molecule has 0 saturated heterocycles. The first-order valence-corrected chi connectivity index (χ1v) is 23.0. The van der Waals surface area contributed by atoms with Crippen molar-refractivity contribution in [1.82, 2.24) is 15.0 Å². The van der Waals surface area contributed by atoms with E-state index < -0.39 is 340 Å². The molecule has 78 heavy (non-hydrogen) atoms. The first-order chi connectivity index (χ1) is 51.0. The van der Waals surface area contributed by atoms with Crippen molar-refractivity contribution in [2.75, 3.05) is 0 Å². The van der Waals surface area contributed by atoms with E-state index in [0.29, 0.717) is 12.1 Å². The van der Waals surface area contributed by atoms with Gasteiger partial charge >= 0.3 is 88.7 Å². The number of hydrogen-bond donors (Lipinski definition) is 3. The minimum atomic E-state index is -5.61. The Balaban J connectivity index is 0.000000359. The largest absolute Gasteiger partial charge is 1.00 e. The van der Waals surface area contributed by atoms with Crippen LogP contribution in [0.2, 0.25) is 0 Å². The second-order valence-corrected chi connectivity index (χ2v) is 15.8. The topological polar surface area (TPSA) is 299 Å². The summed E-state index contributed by atoms with van der Waals surface area (Å²) in [6.45, 7) is 0. The van der Waals surface area contributed by atoms with Gasteiger partial charge in [-0.15, -0.1) is 0 Å². The summed E-state index contributed by atoms with van der Waals surface area (Å²) in [4.78, 5) is 11.0. The third-order valence-electron chi connectivity index (χ3n) is 7.95. The molecule has 0 spiro atoms. The second kappa shape index (κ2) is 30.0. The van der Waals surface area contributed by atoms with Crippen molar-refractivity contribution in [2.45, 2.75) is 17.7 Å². The van der Waals surface area contributed by atoms with E-state index in [-0.39, 0.29) is 88.7 Å². The van der Waals surface area contributed by atoms with Crippen molar-refractivity contribution in [1.29, 1.82) is 0 Å². The average Bonchev–Trinajstić information content (AvgIpc) is 0.727. The van der Waals surface area contributed by atoms with E-state index >= 15 is 0 Å². The van der Waals surface area contributed by atoms with Gasteiger partial charge in [-0.3, -0.25) is 15.0 Å². The van der Waals surface area contributed by atoms with E-state index in [2.05, 4.69) is 27.5 Å². The molecule has 3 unspecified atom stereocenters. The number of rotatable bonds is 15. The average molecular weight is 1180 g/mol. The molecule has 0 bridgehead atoms. The van der Waals surface area contributed by atoms with Gasteiger partial charge in [0.2, 0.25) is 0 Å². The van der Waals surface area contributed by atoms with Crippen molar-refractivity contribution < 1.29 is 206 Å². The van der Waals surface area contributed by atoms with Gasteiger partial charge in [-0.1, -0.05) is 90.7 Å². The number of nitrogens with zero attached hydrogens (tertiary/aromatic N) is 3. The van der Waals surface area contributed by atoms with Crippen LogP contribution in [0.5, 0.6) is 34.5 Å². The Labute approximate surface area is 569 Å². The SMILES string of the molecule is [2H]c1cc(C([2H])(c2c([2H])c([2H])c(O)c([2H])c2[2H])c2c([2H])c([2H])c(OS(=O)(=O)[O-])c([2H])c2[2H])nc([2H])c1[2H].[2H]c1cc(C([2H])(c2nc([2H])c([2H])c([2H])c2[2H])c2c([2H])c([2H])c(OS(=O)(=O)[O-])c([2H])c2[2H])c([2H])c([2H])c1O.[2H]c1nc(C([2H])(c2c([2H])c([2H])c(O)c([2H])c2[2H])c2c([2H])c([2H])c(OS(=O)(=O)[O-])c([2H])c2[2H])c([2H])c([2H])c1[2H].[Na+].[Na+].[Na+]. The molecule has 384 valence electrons. The Morgan fingerprint density at radius 3 is 0.962 bits per heavy atom. The third-order valence-corrected chi connectivity index (χ3v) is 9.06. The Morgan fingerprint density at radius 1 is 0.359 bits per heavy atom. The predicted molar refractivity (Wildman–Crippen MR) is 270 cm³/mol. The Hall–Kier alpha value is -5.70. The van der Waals surface area contributed by atoms with Crippen LogP contribution in [0, 0.1) is 0 Å². The molecule has 0 radical (unpaired) electrons. The summed E-state index contributed by atoms with van der Waals surface area (Å²) in [5.41, 5.74) is -8.85. The van der Waals surface area contributed by atoms with E-state index in [1.165, 1.54) is 0 Å². The minimum Gasteiger partial charge on any atom is -0.716 e. The van der Waals surface area contributed by atoms with Crippen LogP contribution in [-0.4, -0.2) is 69.2 Å². The van der Waals surface area contributed by atoms with E-state index in [0.717, 1.165) is 0 Å². The maximum absolute atomic E-state index is 11.1. The maximum Gasteiger partial charge on any atom is 1.00 e. The summed E-state index contributed by atoms with van der Waals surface area (Å²) >= 11 is 0. The van der Waals surface area contributed by atoms with Gasteiger partial charge in [0.15, 0.2) is 0 Å². The number of hydrogen-bond acceptors (Lipinski definition) is 18. The summed E-state index contributed by atoms with van der Waals surface area (Å²) in [5, 5.41) is 29.8. The van der Waals surface area contributed by atoms with E-state index in [4.69, 9.17) is 46.6 Å². The van der Waals surface area contributed by atoms with Gasteiger partial charge in [0, 0.05) is 22.6 Å². The number of pyridine rings is 3. The zero-order valence-electron chi connectivity index (χ0n) is 76.0. The zero-order chi connectivity index (χ0) is 85.9. The fraction of sp³-hybridized carbons (Fsp3) is 0.0556. The number of aromatic nitrogens is 3. The van der Waals surface area contributed by atoms with Gasteiger partial charge in [0.25, 0.3) is 31.2 Å². The third kappa shape index (κ3) is 20.2. The van der Waals surface area contributed by atoms with Crippen LogP contribution in [0.25, 0.3) is 0 Å². The van der Waals surface area contributed by atoms with Crippen LogP contribution >= 0.6 is 0 Å². The molecule has 24 heteroatoms. The number of phenolic OH excluding ortho intramolecular Hbond substituents is 3. The molecule has 0 saturated carbocycles. The molecular weight excluding hydrogens is 1100 g/mol. The second-order valence-electron chi connectivity index (χ2n) is 12.9. The van der Waals surface area contributed by atoms with Crippen molar-refractivity contribution in [3.05, 3.63) is 268 Å². The smallest absolute Gasteiger partial charge is 0.716 e. The number of benzene rings is 6. The van der Waals surface area contributed by atoms with Crippen molar-refractivity contribution in [3.8, 4) is 34.5 Å². The predicted octanol–water partition coefficient (Wildman–Crippen LogP) is -0.569. The molecule has 3 atom stereocenters. The Bertz CT molecular complexity index is 5610. The fourth-order valence-corrected chi connectivity index (χ4v) is 6.11. The van der Waals surface area contributed by atoms with Crippen molar-refractivity contribution >= 4 is 31.2 Å². The summed E-state index contributed by atoms with van der Waals surface area (Å²) < 4.78 is 414. The molecule has 9 aromatic rings. The Morgan fingerprint density at radius 2 is 0.628 bits per heavy atom. The molecule has 0 aliphatic carbocycles. The molecule has 3 heterocycles. The van der Waals surface area contributed by atoms with Crippen LogP contribution in [0.1, 0.15) is 119 Å². The van der Waals surface area contributed by atoms with E-state index in [9.17, 15) is 58.3 Å². The van der Waals surface area contributed by atoms with Crippen molar-refractivity contribution in [3.63, 3.8) is 0 Å². The quantitative estimate of drug-likeness (QED) is 0.0658. The summed E-state index contributed by atoms with van der Waals surface area (Å²) in [6, 6.07) is -32.4. The maximum atomic E-state index is 11.1. The molecule has 0 amide bonds. The Kier molecular flexibility index (Phi) is 11.2. The van der Waals surface area contributed by atoms with Gasteiger partial charge in [-0.05, 0) is 142 Å². The summed E-state index contributed by atoms with van der Waals surface area (Å²) in [5.74, 6) is -16.7. The molecule has 3 aromatic heterocycles. The van der Waals surface area contributed by atoms with Crippen molar-refractivity contribution in [2.24, 2.45) is 0 Å². The first-order valence-electron chi connectivity index (χ1n) is 37.5. The normalized spacial score (nSPS) is 19.9. The molecule has 0 aliphatic heterocycles. The fourth-order valence-electron chi connectivity index (χ4n) is 5.25. The van der Waals surface area contributed by atoms with E-state index in [1.807, 2.05) is 0 Å². The molecule has 9 rings (SSSR count). The minimum absolute atomic E-state index is 0. The monoisotopic (exact) mass is 1170 g/mol. The molecular formula is C54H42N3Na3O15S3. The number of phenols is 3. The molecule has 18 nitrogen and oxygen atoms in total. The van der Waals surface area contributed by atoms with Crippen LogP contribution in [0.3, 0.4) is 0 Å². The van der Waals surface area contributed by atoms with Gasteiger partial charge in [-0.25, -0.2) is 25.3 Å². The van der Waals surface area contributed by atoms with Crippen LogP contribution in [-0.2, 0) is 31.2 Å².